The Kier molecular flexibility index (Phi) is 6.35. The van der Waals surface area contributed by atoms with Crippen LogP contribution in [-0.4, -0.2) is 27.5 Å². The summed E-state index contributed by atoms with van der Waals surface area (Å²) in [5.74, 6) is 1.67. The van der Waals surface area contributed by atoms with Crippen LogP contribution in [0.15, 0.2) is 60.8 Å². The van der Waals surface area contributed by atoms with Gasteiger partial charge in [-0.05, 0) is 48.7 Å². The van der Waals surface area contributed by atoms with Crippen LogP contribution in [0.25, 0.3) is 11.0 Å². The molecule has 0 saturated heterocycles. The van der Waals surface area contributed by atoms with Gasteiger partial charge in [0.25, 0.3) is 5.91 Å². The summed E-state index contributed by atoms with van der Waals surface area (Å²) in [5, 5.41) is 5.96. The second-order valence-corrected chi connectivity index (χ2v) is 7.63. The van der Waals surface area contributed by atoms with Crippen LogP contribution in [0.5, 0.6) is 11.5 Å². The van der Waals surface area contributed by atoms with Gasteiger partial charge in [-0.15, -0.1) is 0 Å². The molecule has 32 heavy (non-hydrogen) atoms. The maximum absolute atomic E-state index is 11.8. The molecule has 0 atom stereocenters. The Morgan fingerprint density at radius 1 is 1.06 bits per heavy atom. The lowest BCUT2D eigenvalue weighted by Gasteiger charge is -2.08. The fourth-order valence-corrected chi connectivity index (χ4v) is 3.48. The molecule has 0 aliphatic rings. The van der Waals surface area contributed by atoms with Gasteiger partial charge in [0.05, 0.1) is 11.0 Å². The minimum absolute atomic E-state index is 0.259. The molecule has 2 aromatic carbocycles. The van der Waals surface area contributed by atoms with Gasteiger partial charge in [-0.1, -0.05) is 25.5 Å². The number of aryl methyl sites for hydroxylation is 2. The van der Waals surface area contributed by atoms with Crippen molar-refractivity contribution >= 4 is 28.6 Å². The van der Waals surface area contributed by atoms with Gasteiger partial charge in [0.2, 0.25) is 5.95 Å². The second kappa shape index (κ2) is 9.51. The number of carbonyl (C=O) groups excluding carboxylic acids is 1. The van der Waals surface area contributed by atoms with Crippen LogP contribution in [0, 0.1) is 0 Å². The second-order valence-electron chi connectivity index (χ2n) is 7.63. The van der Waals surface area contributed by atoms with E-state index in [1.54, 1.807) is 25.4 Å². The van der Waals surface area contributed by atoms with Crippen LogP contribution >= 0.6 is 0 Å². The summed E-state index contributed by atoms with van der Waals surface area (Å²) in [5.41, 5.74) is 4.45. The summed E-state index contributed by atoms with van der Waals surface area (Å²) in [4.78, 5) is 20.6. The standard InChI is InChI=1S/C25H27N5O2/c1-4-5-6-17-7-9-18(10-8-17)28-25-29-21-15-19(11-12-23(21)30(25)3)32-20-13-14-27-22(16-20)24(31)26-2/h7-16H,4-6H2,1-3H3,(H,26,31)(H,28,29). The van der Waals surface area contributed by atoms with Gasteiger partial charge in [-0.3, -0.25) is 9.78 Å². The Morgan fingerprint density at radius 3 is 2.59 bits per heavy atom. The van der Waals surface area contributed by atoms with Gasteiger partial charge in [0.1, 0.15) is 17.2 Å². The van der Waals surface area contributed by atoms with Crippen molar-refractivity contribution in [3.8, 4) is 11.5 Å². The van der Waals surface area contributed by atoms with Crippen molar-refractivity contribution in [2.45, 2.75) is 26.2 Å². The number of hydrogen-bond acceptors (Lipinski definition) is 5. The van der Waals surface area contributed by atoms with Crippen molar-refractivity contribution in [3.63, 3.8) is 0 Å². The lowest BCUT2D eigenvalue weighted by molar-refractivity contribution is 0.0958. The molecule has 1 amide bonds. The van der Waals surface area contributed by atoms with Gasteiger partial charge in [0, 0.05) is 38.1 Å². The first kappa shape index (κ1) is 21.4. The predicted molar refractivity (Wildman–Crippen MR) is 127 cm³/mol. The van der Waals surface area contributed by atoms with E-state index in [9.17, 15) is 4.79 Å². The molecule has 164 valence electrons. The third-order valence-corrected chi connectivity index (χ3v) is 5.31. The smallest absolute Gasteiger partial charge is 0.269 e. The van der Waals surface area contributed by atoms with Crippen LogP contribution in [0.3, 0.4) is 0 Å². The number of rotatable bonds is 8. The van der Waals surface area contributed by atoms with E-state index in [-0.39, 0.29) is 5.91 Å². The molecule has 7 nitrogen and oxygen atoms in total. The highest BCUT2D eigenvalue weighted by atomic mass is 16.5. The first-order valence-electron chi connectivity index (χ1n) is 10.8. The third kappa shape index (κ3) is 4.72. The highest BCUT2D eigenvalue weighted by Crippen LogP contribution is 2.28. The quantitative estimate of drug-likeness (QED) is 0.402. The van der Waals surface area contributed by atoms with E-state index in [1.165, 1.54) is 18.4 Å². The number of amides is 1. The molecule has 0 radical (unpaired) electrons. The summed E-state index contributed by atoms with van der Waals surface area (Å²) >= 11 is 0. The fourth-order valence-electron chi connectivity index (χ4n) is 3.48. The number of nitrogens with zero attached hydrogens (tertiary/aromatic N) is 3. The number of carbonyl (C=O) groups is 1. The van der Waals surface area contributed by atoms with Crippen molar-refractivity contribution in [1.82, 2.24) is 19.9 Å². The van der Waals surface area contributed by atoms with E-state index in [4.69, 9.17) is 9.72 Å². The highest BCUT2D eigenvalue weighted by molar-refractivity contribution is 5.92. The molecule has 0 aliphatic carbocycles. The summed E-state index contributed by atoms with van der Waals surface area (Å²) in [6, 6.07) is 17.6. The molecule has 4 aromatic rings. The number of nitrogens with one attached hydrogen (secondary N) is 2. The normalized spacial score (nSPS) is 10.8. The van der Waals surface area contributed by atoms with E-state index in [1.807, 2.05) is 29.8 Å². The summed E-state index contributed by atoms with van der Waals surface area (Å²) in [6.07, 6.45) is 5.05. The van der Waals surface area contributed by atoms with Crippen molar-refractivity contribution in [2.24, 2.45) is 7.05 Å². The Hall–Kier alpha value is -3.87. The number of imidazole rings is 1. The Labute approximate surface area is 187 Å². The third-order valence-electron chi connectivity index (χ3n) is 5.31. The molecule has 2 aromatic heterocycles. The molecule has 0 spiro atoms. The zero-order valence-corrected chi connectivity index (χ0v) is 18.6. The van der Waals surface area contributed by atoms with E-state index in [0.717, 1.165) is 29.1 Å². The van der Waals surface area contributed by atoms with Gasteiger partial charge >= 0.3 is 0 Å². The Bertz CT molecular complexity index is 1230. The van der Waals surface area contributed by atoms with Gasteiger partial charge in [-0.25, -0.2) is 4.98 Å². The van der Waals surface area contributed by atoms with Gasteiger partial charge in [0.15, 0.2) is 0 Å². The van der Waals surface area contributed by atoms with Crippen molar-refractivity contribution in [2.75, 3.05) is 12.4 Å². The van der Waals surface area contributed by atoms with E-state index < -0.39 is 0 Å². The van der Waals surface area contributed by atoms with E-state index in [0.29, 0.717) is 17.2 Å². The molecule has 0 unspecified atom stereocenters. The molecule has 2 N–H and O–H groups in total. The lowest BCUT2D eigenvalue weighted by Crippen LogP contribution is -2.18. The number of benzene rings is 2. The number of ether oxygens (including phenoxy) is 1. The molecular weight excluding hydrogens is 402 g/mol. The summed E-state index contributed by atoms with van der Waals surface area (Å²) < 4.78 is 7.96. The molecule has 0 saturated carbocycles. The first-order chi connectivity index (χ1) is 15.6. The Balaban J connectivity index is 1.52. The minimum Gasteiger partial charge on any atom is -0.457 e. The molecular formula is C25H27N5O2. The predicted octanol–water partition coefficient (Wildman–Crippen LogP) is 5.21. The number of anilines is 2. The largest absolute Gasteiger partial charge is 0.457 e. The lowest BCUT2D eigenvalue weighted by atomic mass is 10.1. The average Bonchev–Trinajstić information content (AvgIpc) is 3.12. The van der Waals surface area contributed by atoms with Crippen molar-refractivity contribution in [3.05, 3.63) is 72.1 Å². The molecule has 0 fully saturated rings. The fraction of sp³-hybridized carbons (Fsp3) is 0.240. The SMILES string of the molecule is CCCCc1ccc(Nc2nc3cc(Oc4ccnc(C(=O)NC)c4)ccc3n2C)cc1. The van der Waals surface area contributed by atoms with Crippen LogP contribution < -0.4 is 15.4 Å². The van der Waals surface area contributed by atoms with E-state index in [2.05, 4.69) is 46.8 Å². The molecule has 2 heterocycles. The first-order valence-corrected chi connectivity index (χ1v) is 10.8. The summed E-state index contributed by atoms with van der Waals surface area (Å²) in [7, 11) is 3.55. The van der Waals surface area contributed by atoms with Crippen molar-refractivity contribution in [1.29, 1.82) is 0 Å². The average molecular weight is 430 g/mol. The number of pyridine rings is 1. The maximum atomic E-state index is 11.8. The topological polar surface area (TPSA) is 81.1 Å². The van der Waals surface area contributed by atoms with Crippen molar-refractivity contribution < 1.29 is 9.53 Å². The molecule has 0 aliphatic heterocycles. The zero-order chi connectivity index (χ0) is 22.5. The number of hydrogen-bond donors (Lipinski definition) is 2. The van der Waals surface area contributed by atoms with Crippen LogP contribution in [0.2, 0.25) is 0 Å². The zero-order valence-electron chi connectivity index (χ0n) is 18.6. The van der Waals surface area contributed by atoms with E-state index >= 15 is 0 Å². The minimum atomic E-state index is -0.259. The van der Waals surface area contributed by atoms with Gasteiger partial charge in [-0.2, -0.15) is 0 Å². The highest BCUT2D eigenvalue weighted by Gasteiger charge is 2.11. The monoisotopic (exact) mass is 429 g/mol. The number of aromatic nitrogens is 3. The van der Waals surface area contributed by atoms with Crippen LogP contribution in [0.4, 0.5) is 11.6 Å². The molecule has 7 heteroatoms. The summed E-state index contributed by atoms with van der Waals surface area (Å²) in [6.45, 7) is 2.21. The number of unbranched alkanes of at least 4 members (excludes halogenated alkanes) is 1. The Morgan fingerprint density at radius 2 is 1.84 bits per heavy atom. The maximum Gasteiger partial charge on any atom is 0.269 e. The van der Waals surface area contributed by atoms with Crippen LogP contribution in [0.1, 0.15) is 35.8 Å². The van der Waals surface area contributed by atoms with Crippen LogP contribution in [-0.2, 0) is 13.5 Å². The number of fused-ring (bicyclic) bond motifs is 1. The van der Waals surface area contributed by atoms with Gasteiger partial charge < -0.3 is 19.9 Å². The molecule has 0 bridgehead atoms. The molecule has 4 rings (SSSR count).